The fourth-order valence-corrected chi connectivity index (χ4v) is 3.57. The summed E-state index contributed by atoms with van der Waals surface area (Å²) in [6, 6.07) is 0.422. The van der Waals surface area contributed by atoms with Gasteiger partial charge in [0.1, 0.15) is 0 Å². The summed E-state index contributed by atoms with van der Waals surface area (Å²) in [7, 11) is 0. The van der Waals surface area contributed by atoms with E-state index in [1.165, 1.54) is 35.2 Å². The minimum atomic E-state index is 0.422. The van der Waals surface area contributed by atoms with Crippen molar-refractivity contribution in [2.24, 2.45) is 5.92 Å². The maximum Gasteiger partial charge on any atom is 0.185 e. The highest BCUT2D eigenvalue weighted by molar-refractivity contribution is 7.15. The molecule has 4 heteroatoms. The smallest absolute Gasteiger partial charge is 0.185 e. The standard InChI is InChI=1S/C13H23N3S/c1-5-14-10(3)12-11(4)15-13(17-12)16-7-6-9(2)8-16/h9-10,14H,5-8H2,1-4H3. The Balaban J connectivity index is 2.12. The fourth-order valence-electron chi connectivity index (χ4n) is 2.44. The Bertz CT molecular complexity index is 375. The maximum absolute atomic E-state index is 4.73. The first-order valence-corrected chi connectivity index (χ1v) is 7.39. The average Bonchev–Trinajstić information content (AvgIpc) is 2.85. The van der Waals surface area contributed by atoms with Crippen LogP contribution in [0, 0.1) is 12.8 Å². The lowest BCUT2D eigenvalue weighted by Gasteiger charge is -2.13. The van der Waals surface area contributed by atoms with E-state index in [-0.39, 0.29) is 0 Å². The molecule has 1 aliphatic heterocycles. The lowest BCUT2D eigenvalue weighted by atomic mass is 10.2. The fraction of sp³-hybridized carbons (Fsp3) is 0.769. The molecule has 3 nitrogen and oxygen atoms in total. The molecule has 0 saturated carbocycles. The summed E-state index contributed by atoms with van der Waals surface area (Å²) < 4.78 is 0. The van der Waals surface area contributed by atoms with Gasteiger partial charge in [-0.05, 0) is 32.7 Å². The molecular weight excluding hydrogens is 230 g/mol. The Hall–Kier alpha value is -0.610. The predicted octanol–water partition coefficient (Wildman–Crippen LogP) is 2.97. The van der Waals surface area contributed by atoms with Crippen LogP contribution in [0.25, 0.3) is 0 Å². The molecule has 2 rings (SSSR count). The number of hydrogen-bond acceptors (Lipinski definition) is 4. The van der Waals surface area contributed by atoms with Crippen LogP contribution in [-0.2, 0) is 0 Å². The molecule has 1 aromatic rings. The molecule has 0 aromatic carbocycles. The normalized spacial score (nSPS) is 22.1. The van der Waals surface area contributed by atoms with E-state index in [0.717, 1.165) is 12.5 Å². The quantitative estimate of drug-likeness (QED) is 0.894. The number of rotatable bonds is 4. The van der Waals surface area contributed by atoms with E-state index in [1.54, 1.807) is 0 Å². The second-order valence-electron chi connectivity index (χ2n) is 5.07. The van der Waals surface area contributed by atoms with Crippen LogP contribution < -0.4 is 10.2 Å². The van der Waals surface area contributed by atoms with Crippen LogP contribution >= 0.6 is 11.3 Å². The van der Waals surface area contributed by atoms with Crippen LogP contribution in [0.4, 0.5) is 5.13 Å². The second kappa shape index (κ2) is 5.36. The molecule has 0 spiro atoms. The van der Waals surface area contributed by atoms with Gasteiger partial charge in [0.25, 0.3) is 0 Å². The summed E-state index contributed by atoms with van der Waals surface area (Å²) in [5.41, 5.74) is 1.19. The van der Waals surface area contributed by atoms with Gasteiger partial charge < -0.3 is 10.2 Å². The third-order valence-electron chi connectivity index (χ3n) is 3.42. The van der Waals surface area contributed by atoms with Crippen LogP contribution in [0.3, 0.4) is 0 Å². The third-order valence-corrected chi connectivity index (χ3v) is 4.82. The largest absolute Gasteiger partial charge is 0.348 e. The molecule has 2 unspecified atom stereocenters. The van der Waals surface area contributed by atoms with Crippen molar-refractivity contribution >= 4 is 16.5 Å². The highest BCUT2D eigenvalue weighted by atomic mass is 32.1. The number of aryl methyl sites for hydroxylation is 1. The molecule has 0 bridgehead atoms. The SMILES string of the molecule is CCNC(C)c1sc(N2CCC(C)C2)nc1C. The zero-order chi connectivity index (χ0) is 12.4. The van der Waals surface area contributed by atoms with Gasteiger partial charge >= 0.3 is 0 Å². The lowest BCUT2D eigenvalue weighted by molar-refractivity contribution is 0.603. The number of nitrogens with one attached hydrogen (secondary N) is 1. The van der Waals surface area contributed by atoms with E-state index in [2.05, 4.69) is 37.9 Å². The van der Waals surface area contributed by atoms with Crippen molar-refractivity contribution in [3.05, 3.63) is 10.6 Å². The zero-order valence-corrected chi connectivity index (χ0v) is 12.1. The van der Waals surface area contributed by atoms with Crippen molar-refractivity contribution in [2.75, 3.05) is 24.5 Å². The van der Waals surface area contributed by atoms with Crippen molar-refractivity contribution in [1.82, 2.24) is 10.3 Å². The van der Waals surface area contributed by atoms with Crippen molar-refractivity contribution in [3.8, 4) is 0 Å². The molecule has 0 aliphatic carbocycles. The van der Waals surface area contributed by atoms with Gasteiger partial charge in [0.05, 0.1) is 5.69 Å². The predicted molar refractivity (Wildman–Crippen MR) is 74.9 cm³/mol. The van der Waals surface area contributed by atoms with Gasteiger partial charge in [0.2, 0.25) is 0 Å². The minimum absolute atomic E-state index is 0.422. The maximum atomic E-state index is 4.73. The highest BCUT2D eigenvalue weighted by Crippen LogP contribution is 2.33. The summed E-state index contributed by atoms with van der Waals surface area (Å²) in [6.45, 7) is 12.2. The van der Waals surface area contributed by atoms with Crippen molar-refractivity contribution in [3.63, 3.8) is 0 Å². The van der Waals surface area contributed by atoms with E-state index in [1.807, 2.05) is 11.3 Å². The summed E-state index contributed by atoms with van der Waals surface area (Å²) in [4.78, 5) is 8.56. The second-order valence-corrected chi connectivity index (χ2v) is 6.07. The molecule has 1 aliphatic rings. The van der Waals surface area contributed by atoms with Gasteiger partial charge in [0, 0.05) is 24.0 Å². The van der Waals surface area contributed by atoms with Gasteiger partial charge in [-0.1, -0.05) is 13.8 Å². The van der Waals surface area contributed by atoms with Crippen LogP contribution in [0.5, 0.6) is 0 Å². The summed E-state index contributed by atoms with van der Waals surface area (Å²) in [6.07, 6.45) is 1.30. The highest BCUT2D eigenvalue weighted by Gasteiger charge is 2.23. The van der Waals surface area contributed by atoms with Crippen LogP contribution in [0.15, 0.2) is 0 Å². The van der Waals surface area contributed by atoms with E-state index >= 15 is 0 Å². The van der Waals surface area contributed by atoms with E-state index < -0.39 is 0 Å². The number of anilines is 1. The van der Waals surface area contributed by atoms with Gasteiger partial charge in [-0.25, -0.2) is 4.98 Å². The van der Waals surface area contributed by atoms with Crippen LogP contribution in [0.1, 0.15) is 43.8 Å². The Morgan fingerprint density at radius 2 is 2.35 bits per heavy atom. The van der Waals surface area contributed by atoms with Gasteiger partial charge in [-0.15, -0.1) is 11.3 Å². The molecule has 1 aromatic heterocycles. The summed E-state index contributed by atoms with van der Waals surface area (Å²) >= 11 is 1.86. The van der Waals surface area contributed by atoms with E-state index in [0.29, 0.717) is 6.04 Å². The molecular formula is C13H23N3S. The molecule has 17 heavy (non-hydrogen) atoms. The first-order valence-electron chi connectivity index (χ1n) is 6.57. The third kappa shape index (κ3) is 2.80. The summed E-state index contributed by atoms with van der Waals surface area (Å²) in [5.74, 6) is 0.814. The molecule has 1 fully saturated rings. The molecule has 1 N–H and O–H groups in total. The van der Waals surface area contributed by atoms with Crippen LogP contribution in [0.2, 0.25) is 0 Å². The monoisotopic (exact) mass is 253 g/mol. The van der Waals surface area contributed by atoms with Crippen molar-refractivity contribution < 1.29 is 0 Å². The zero-order valence-electron chi connectivity index (χ0n) is 11.3. The molecule has 0 radical (unpaired) electrons. The Morgan fingerprint density at radius 1 is 1.59 bits per heavy atom. The van der Waals surface area contributed by atoms with Gasteiger partial charge in [0.15, 0.2) is 5.13 Å². The Kier molecular flexibility index (Phi) is 4.05. The number of nitrogens with zero attached hydrogens (tertiary/aromatic N) is 2. The average molecular weight is 253 g/mol. The van der Waals surface area contributed by atoms with Gasteiger partial charge in [-0.3, -0.25) is 0 Å². The topological polar surface area (TPSA) is 28.2 Å². The van der Waals surface area contributed by atoms with E-state index in [4.69, 9.17) is 4.98 Å². The summed E-state index contributed by atoms with van der Waals surface area (Å²) in [5, 5.41) is 4.68. The van der Waals surface area contributed by atoms with E-state index in [9.17, 15) is 0 Å². The molecule has 1 saturated heterocycles. The van der Waals surface area contributed by atoms with Gasteiger partial charge in [-0.2, -0.15) is 0 Å². The van der Waals surface area contributed by atoms with Crippen molar-refractivity contribution in [1.29, 1.82) is 0 Å². The number of hydrogen-bond donors (Lipinski definition) is 1. The number of thiazole rings is 1. The Labute approximate surface area is 108 Å². The lowest BCUT2D eigenvalue weighted by Crippen LogP contribution is -2.18. The molecule has 2 atom stereocenters. The molecule has 0 amide bonds. The number of aromatic nitrogens is 1. The van der Waals surface area contributed by atoms with Crippen molar-refractivity contribution in [2.45, 2.75) is 40.2 Å². The van der Waals surface area contributed by atoms with Crippen LogP contribution in [-0.4, -0.2) is 24.6 Å². The minimum Gasteiger partial charge on any atom is -0.348 e. The Morgan fingerprint density at radius 3 is 2.94 bits per heavy atom. The molecule has 2 heterocycles. The first kappa shape index (κ1) is 12.8. The molecule has 96 valence electrons. The first-order chi connectivity index (χ1) is 8.11.